The van der Waals surface area contributed by atoms with Crippen molar-refractivity contribution < 1.29 is 31.6 Å². The molecule has 0 aliphatic carbocycles. The fourth-order valence-corrected chi connectivity index (χ4v) is 2.83. The molecule has 0 saturated heterocycles. The van der Waals surface area contributed by atoms with Gasteiger partial charge in [0.05, 0.1) is 17.4 Å². The average Bonchev–Trinajstić information content (AvgIpc) is 2.96. The van der Waals surface area contributed by atoms with Gasteiger partial charge in [-0.15, -0.1) is 0 Å². The third-order valence-electron chi connectivity index (χ3n) is 3.81. The number of aryl methyl sites for hydroxylation is 1. The molecule has 21 heavy (non-hydrogen) atoms. The Kier molecular flexibility index (Phi) is 3.35. The van der Waals surface area contributed by atoms with Crippen LogP contribution in [0.2, 0.25) is 0 Å². The van der Waals surface area contributed by atoms with Crippen molar-refractivity contribution >= 4 is 21.7 Å². The maximum atomic E-state index is 9.34. The van der Waals surface area contributed by atoms with Crippen LogP contribution in [-0.4, -0.2) is 11.9 Å². The fraction of sp³-hybridized carbons (Fsp3) is 0.188. The molecule has 5 heteroatoms. The fourth-order valence-electron chi connectivity index (χ4n) is 2.83. The number of hydrogen-bond donors (Lipinski definition) is 1. The molecule has 3 aromatic rings. The highest BCUT2D eigenvalue weighted by Gasteiger charge is 2.21. The van der Waals surface area contributed by atoms with Crippen LogP contribution < -0.4 is 26.4 Å². The van der Waals surface area contributed by atoms with Gasteiger partial charge >= 0.3 is 0 Å². The van der Waals surface area contributed by atoms with Crippen molar-refractivity contribution in [3.63, 3.8) is 0 Å². The third-order valence-corrected chi connectivity index (χ3v) is 3.81. The van der Waals surface area contributed by atoms with Gasteiger partial charge in [0.25, 0.3) is 0 Å². The van der Waals surface area contributed by atoms with Crippen molar-refractivity contribution in [1.29, 1.82) is 0 Å². The molecular weight excluding hydrogens is 290 g/mol. The molecule has 0 spiro atoms. The molecule has 0 saturated carbocycles. The smallest absolute Gasteiger partial charge is 0.231 e. The molecule has 1 N–H and O–H groups in total. The lowest BCUT2D eigenvalue weighted by Gasteiger charge is -2.06. The number of benzene rings is 2. The number of ether oxygens (including phenoxy) is 2. The van der Waals surface area contributed by atoms with Gasteiger partial charge in [-0.05, 0) is 23.8 Å². The molecule has 4 nitrogen and oxygen atoms in total. The number of fused-ring (bicyclic) bond motifs is 5. The van der Waals surface area contributed by atoms with Crippen LogP contribution in [0.25, 0.3) is 21.7 Å². The largest absolute Gasteiger partial charge is 1.00 e. The maximum Gasteiger partial charge on any atom is 0.231 e. The number of rotatable bonds is 1. The average molecular weight is 304 g/mol. The summed E-state index contributed by atoms with van der Waals surface area (Å²) in [6.45, 7) is 0.313. The molecule has 1 aromatic heterocycles. The van der Waals surface area contributed by atoms with E-state index < -0.39 is 0 Å². The molecule has 0 bridgehead atoms. The molecule has 2 aromatic carbocycles. The van der Waals surface area contributed by atoms with Crippen molar-refractivity contribution in [1.82, 2.24) is 0 Å². The van der Waals surface area contributed by atoms with Crippen LogP contribution in [-0.2, 0) is 13.7 Å². The first-order valence-electron chi connectivity index (χ1n) is 6.52. The summed E-state index contributed by atoms with van der Waals surface area (Å²) in [5.74, 6) is 1.59. The van der Waals surface area contributed by atoms with Gasteiger partial charge < -0.3 is 27.0 Å². The second kappa shape index (κ2) is 5.06. The van der Waals surface area contributed by atoms with Crippen LogP contribution >= 0.6 is 0 Å². The summed E-state index contributed by atoms with van der Waals surface area (Å²) in [6, 6.07) is 9.99. The van der Waals surface area contributed by atoms with Crippen molar-refractivity contribution in [2.75, 3.05) is 6.79 Å². The van der Waals surface area contributed by atoms with Gasteiger partial charge in [0, 0.05) is 11.5 Å². The van der Waals surface area contributed by atoms with Gasteiger partial charge in [0.15, 0.2) is 17.7 Å². The first kappa shape index (κ1) is 13.9. The zero-order chi connectivity index (χ0) is 13.7. The van der Waals surface area contributed by atoms with E-state index in [2.05, 4.69) is 10.8 Å². The molecule has 108 valence electrons. The summed E-state index contributed by atoms with van der Waals surface area (Å²) in [5.41, 5.74) is 2.02. The molecule has 0 fully saturated rings. The van der Waals surface area contributed by atoms with Crippen LogP contribution in [0.5, 0.6) is 11.5 Å². The van der Waals surface area contributed by atoms with Crippen molar-refractivity contribution in [3.8, 4) is 11.5 Å². The van der Waals surface area contributed by atoms with Crippen LogP contribution in [0.1, 0.15) is 5.56 Å². The number of halogens is 1. The number of hydrogen-bond acceptors (Lipinski definition) is 3. The Balaban J connectivity index is 0.00000132. The lowest BCUT2D eigenvalue weighted by atomic mass is 10.0. The summed E-state index contributed by atoms with van der Waals surface area (Å²) in [6.07, 6.45) is 2.06. The lowest BCUT2D eigenvalue weighted by Crippen LogP contribution is -3.00. The zero-order valence-corrected chi connectivity index (χ0v) is 12.2. The summed E-state index contributed by atoms with van der Waals surface area (Å²) < 4.78 is 13.1. The van der Waals surface area contributed by atoms with Crippen LogP contribution in [0.3, 0.4) is 0 Å². The van der Waals surface area contributed by atoms with E-state index in [-0.39, 0.29) is 25.8 Å². The number of aliphatic hydroxyl groups excluding tert-OH is 1. The summed E-state index contributed by atoms with van der Waals surface area (Å²) in [5, 5.41) is 12.6. The lowest BCUT2D eigenvalue weighted by molar-refractivity contribution is -0.643. The van der Waals surface area contributed by atoms with Gasteiger partial charge in [0.1, 0.15) is 7.05 Å². The first-order valence-corrected chi connectivity index (χ1v) is 6.52. The quantitative estimate of drug-likeness (QED) is 0.465. The normalized spacial score (nSPS) is 12.7. The van der Waals surface area contributed by atoms with Crippen LogP contribution in [0, 0.1) is 0 Å². The molecule has 0 radical (unpaired) electrons. The Morgan fingerprint density at radius 3 is 2.76 bits per heavy atom. The monoisotopic (exact) mass is 303 g/mol. The maximum absolute atomic E-state index is 9.34. The number of aliphatic hydroxyl groups is 1. The molecular formula is C16H14ClNO3. The van der Waals surface area contributed by atoms with E-state index in [0.29, 0.717) is 0 Å². The SMILES string of the molecule is C[n+]1cc2c3c(ccc2c2cc(CO)ccc21)OCO3.[Cl-]. The van der Waals surface area contributed by atoms with Crippen molar-refractivity contribution in [2.24, 2.45) is 7.05 Å². The Bertz CT molecular complexity index is 848. The standard InChI is InChI=1S/C16H14NO3.ClH/c1-17-7-13-11(3-5-15-16(13)20-9-19-15)12-6-10(8-18)2-4-14(12)17;/h2-7,18H,8-9H2,1H3;1H/q+1;/p-1. The predicted octanol–water partition coefficient (Wildman–Crippen LogP) is -0.958. The van der Waals surface area contributed by atoms with Crippen LogP contribution in [0.15, 0.2) is 36.5 Å². The minimum Gasteiger partial charge on any atom is -1.00 e. The number of nitrogens with zero attached hydrogens (tertiary/aromatic N) is 1. The summed E-state index contributed by atoms with van der Waals surface area (Å²) >= 11 is 0. The highest BCUT2D eigenvalue weighted by molar-refractivity contribution is 6.07. The van der Waals surface area contributed by atoms with Crippen molar-refractivity contribution in [2.45, 2.75) is 6.61 Å². The van der Waals surface area contributed by atoms with E-state index >= 15 is 0 Å². The van der Waals surface area contributed by atoms with E-state index in [4.69, 9.17) is 9.47 Å². The molecule has 2 heterocycles. The summed E-state index contributed by atoms with van der Waals surface area (Å²) in [7, 11) is 2.01. The molecule has 1 aliphatic rings. The highest BCUT2D eigenvalue weighted by Crippen LogP contribution is 2.40. The van der Waals surface area contributed by atoms with Gasteiger partial charge in [-0.25, -0.2) is 4.57 Å². The Hall–Kier alpha value is -2.04. The predicted molar refractivity (Wildman–Crippen MR) is 74.7 cm³/mol. The number of pyridine rings is 1. The van der Waals surface area contributed by atoms with E-state index in [1.165, 1.54) is 0 Å². The van der Waals surface area contributed by atoms with E-state index in [1.54, 1.807) is 0 Å². The summed E-state index contributed by atoms with van der Waals surface area (Å²) in [4.78, 5) is 0. The van der Waals surface area contributed by atoms with E-state index in [9.17, 15) is 5.11 Å². The Labute approximate surface area is 127 Å². The van der Waals surface area contributed by atoms with Crippen molar-refractivity contribution in [3.05, 3.63) is 42.1 Å². The molecule has 0 amide bonds. The van der Waals surface area contributed by atoms with E-state index in [0.717, 1.165) is 38.7 Å². The second-order valence-electron chi connectivity index (χ2n) is 5.01. The van der Waals surface area contributed by atoms with Gasteiger partial charge in [-0.2, -0.15) is 0 Å². The minimum atomic E-state index is 0. The molecule has 4 rings (SSSR count). The topological polar surface area (TPSA) is 42.6 Å². The van der Waals surface area contributed by atoms with E-state index in [1.807, 2.05) is 37.4 Å². The Morgan fingerprint density at radius 2 is 1.95 bits per heavy atom. The zero-order valence-electron chi connectivity index (χ0n) is 11.5. The molecule has 0 unspecified atom stereocenters. The molecule has 0 atom stereocenters. The van der Waals surface area contributed by atoms with Gasteiger partial charge in [0.2, 0.25) is 12.3 Å². The second-order valence-corrected chi connectivity index (χ2v) is 5.01. The highest BCUT2D eigenvalue weighted by atomic mass is 35.5. The Morgan fingerprint density at radius 1 is 1.10 bits per heavy atom. The molecule has 1 aliphatic heterocycles. The minimum absolute atomic E-state index is 0. The first-order chi connectivity index (χ1) is 9.78. The third kappa shape index (κ3) is 1.99. The number of aromatic nitrogens is 1. The van der Waals surface area contributed by atoms with Gasteiger partial charge in [-0.1, -0.05) is 6.07 Å². The van der Waals surface area contributed by atoms with Gasteiger partial charge in [-0.3, -0.25) is 0 Å². The van der Waals surface area contributed by atoms with Crippen LogP contribution in [0.4, 0.5) is 0 Å².